The smallest absolute Gasteiger partial charge is 0.226 e. The highest BCUT2D eigenvalue weighted by Crippen LogP contribution is 2.27. The summed E-state index contributed by atoms with van der Waals surface area (Å²) in [5, 5.41) is 13.0. The van der Waals surface area contributed by atoms with Gasteiger partial charge in [-0.2, -0.15) is 0 Å². The molecule has 0 heterocycles. The van der Waals surface area contributed by atoms with Crippen molar-refractivity contribution in [1.29, 1.82) is 0 Å². The van der Waals surface area contributed by atoms with Gasteiger partial charge in [0.1, 0.15) is 0 Å². The van der Waals surface area contributed by atoms with Crippen LogP contribution in [-0.4, -0.2) is 29.0 Å². The van der Waals surface area contributed by atoms with Gasteiger partial charge < -0.3 is 10.4 Å². The van der Waals surface area contributed by atoms with Gasteiger partial charge in [0.2, 0.25) is 5.91 Å². The molecule has 1 aliphatic carbocycles. The summed E-state index contributed by atoms with van der Waals surface area (Å²) in [5.41, 5.74) is -1.26. The van der Waals surface area contributed by atoms with Gasteiger partial charge in [-0.15, -0.1) is 11.6 Å². The topological polar surface area (TPSA) is 49.3 Å². The van der Waals surface area contributed by atoms with Crippen molar-refractivity contribution in [3.63, 3.8) is 0 Å². The Kier molecular flexibility index (Phi) is 4.62. The van der Waals surface area contributed by atoms with E-state index in [4.69, 9.17) is 11.6 Å². The number of alkyl halides is 1. The molecule has 0 atom stereocenters. The molecule has 1 saturated carbocycles. The Morgan fingerprint density at radius 2 is 1.94 bits per heavy atom. The Labute approximate surface area is 103 Å². The van der Waals surface area contributed by atoms with Crippen LogP contribution in [0.4, 0.5) is 0 Å². The van der Waals surface area contributed by atoms with Crippen molar-refractivity contribution in [3.05, 3.63) is 0 Å². The molecular formula is C12H22ClNO2. The molecule has 1 amide bonds. The minimum atomic E-state index is -0.698. The molecule has 0 aromatic heterocycles. The van der Waals surface area contributed by atoms with Crippen LogP contribution in [0.25, 0.3) is 0 Å². The average molecular weight is 248 g/mol. The van der Waals surface area contributed by atoms with Gasteiger partial charge in [0.15, 0.2) is 0 Å². The highest BCUT2D eigenvalue weighted by atomic mass is 35.5. The van der Waals surface area contributed by atoms with Gasteiger partial charge in [0.25, 0.3) is 0 Å². The summed E-state index contributed by atoms with van der Waals surface area (Å²) in [4.78, 5) is 11.8. The molecule has 0 aromatic rings. The number of nitrogens with one attached hydrogen (secondary N) is 1. The first-order valence-electron chi connectivity index (χ1n) is 5.96. The quantitative estimate of drug-likeness (QED) is 0.748. The molecule has 0 unspecified atom stereocenters. The fourth-order valence-electron chi connectivity index (χ4n) is 1.93. The van der Waals surface area contributed by atoms with Gasteiger partial charge in [-0.1, -0.05) is 19.3 Å². The number of amides is 1. The minimum absolute atomic E-state index is 0.0819. The van der Waals surface area contributed by atoms with Gasteiger partial charge in [-0.05, 0) is 26.7 Å². The van der Waals surface area contributed by atoms with Crippen molar-refractivity contribution in [1.82, 2.24) is 5.32 Å². The van der Waals surface area contributed by atoms with Crippen LogP contribution in [0, 0.1) is 5.41 Å². The van der Waals surface area contributed by atoms with E-state index in [-0.39, 0.29) is 11.8 Å². The lowest BCUT2D eigenvalue weighted by molar-refractivity contribution is -0.130. The van der Waals surface area contributed by atoms with Crippen LogP contribution in [0.5, 0.6) is 0 Å². The second kappa shape index (κ2) is 5.37. The number of carbonyl (C=O) groups excluding carboxylic acids is 1. The number of hydrogen-bond acceptors (Lipinski definition) is 2. The summed E-state index contributed by atoms with van der Waals surface area (Å²) in [7, 11) is 0. The fourth-order valence-corrected chi connectivity index (χ4v) is 2.05. The van der Waals surface area contributed by atoms with Crippen molar-refractivity contribution in [2.75, 3.05) is 12.4 Å². The Morgan fingerprint density at radius 1 is 1.38 bits per heavy atom. The summed E-state index contributed by atoms with van der Waals surface area (Å²) >= 11 is 5.72. The summed E-state index contributed by atoms with van der Waals surface area (Å²) in [5.74, 6) is 0.207. The van der Waals surface area contributed by atoms with E-state index >= 15 is 0 Å². The van der Waals surface area contributed by atoms with Gasteiger partial charge in [0, 0.05) is 12.4 Å². The Hall–Kier alpha value is -0.280. The van der Waals surface area contributed by atoms with E-state index in [0.717, 1.165) is 25.7 Å². The molecule has 1 fully saturated rings. The zero-order valence-corrected chi connectivity index (χ0v) is 10.9. The number of hydrogen-bond donors (Lipinski definition) is 2. The third kappa shape index (κ3) is 3.63. The molecule has 0 radical (unpaired) electrons. The molecule has 1 aliphatic rings. The molecule has 0 aliphatic heterocycles. The molecule has 3 nitrogen and oxygen atoms in total. The van der Waals surface area contributed by atoms with Crippen LogP contribution >= 0.6 is 11.6 Å². The maximum Gasteiger partial charge on any atom is 0.226 e. The second-order valence-corrected chi connectivity index (χ2v) is 5.75. The minimum Gasteiger partial charge on any atom is -0.388 e. The zero-order chi connectivity index (χ0) is 12.2. The lowest BCUT2D eigenvalue weighted by Crippen LogP contribution is -2.48. The van der Waals surface area contributed by atoms with Gasteiger partial charge >= 0.3 is 0 Å². The van der Waals surface area contributed by atoms with Crippen LogP contribution in [0.1, 0.15) is 46.0 Å². The predicted octanol–water partition coefficient (Wildman–Crippen LogP) is 2.06. The van der Waals surface area contributed by atoms with Gasteiger partial charge in [0.05, 0.1) is 11.0 Å². The second-order valence-electron chi connectivity index (χ2n) is 5.49. The maximum atomic E-state index is 11.8. The van der Waals surface area contributed by atoms with E-state index in [2.05, 4.69) is 5.32 Å². The first-order chi connectivity index (χ1) is 7.40. The third-order valence-corrected chi connectivity index (χ3v) is 3.98. The Bertz CT molecular complexity index is 247. The molecule has 94 valence electrons. The first kappa shape index (κ1) is 13.8. The van der Waals surface area contributed by atoms with E-state index in [0.29, 0.717) is 6.54 Å². The van der Waals surface area contributed by atoms with Crippen molar-refractivity contribution in [2.45, 2.75) is 51.6 Å². The molecule has 0 spiro atoms. The van der Waals surface area contributed by atoms with Crippen molar-refractivity contribution in [3.8, 4) is 0 Å². The van der Waals surface area contributed by atoms with Crippen molar-refractivity contribution >= 4 is 17.5 Å². The molecule has 4 heteroatoms. The highest BCUT2D eigenvalue weighted by Gasteiger charge is 2.32. The maximum absolute atomic E-state index is 11.8. The van der Waals surface area contributed by atoms with E-state index in [9.17, 15) is 9.90 Å². The fraction of sp³-hybridized carbons (Fsp3) is 0.917. The monoisotopic (exact) mass is 247 g/mol. The van der Waals surface area contributed by atoms with Crippen molar-refractivity contribution < 1.29 is 9.90 Å². The van der Waals surface area contributed by atoms with Crippen LogP contribution in [0.15, 0.2) is 0 Å². The molecule has 2 N–H and O–H groups in total. The predicted molar refractivity (Wildman–Crippen MR) is 65.5 cm³/mol. The average Bonchev–Trinajstić information content (AvgIpc) is 2.27. The Morgan fingerprint density at radius 3 is 2.44 bits per heavy atom. The van der Waals surface area contributed by atoms with Crippen molar-refractivity contribution in [2.24, 2.45) is 5.41 Å². The number of aliphatic hydroxyl groups is 1. The molecule has 0 bridgehead atoms. The summed E-state index contributed by atoms with van der Waals surface area (Å²) in [6, 6.07) is 0. The summed E-state index contributed by atoms with van der Waals surface area (Å²) in [6.45, 7) is 3.96. The van der Waals surface area contributed by atoms with Crippen LogP contribution in [0.3, 0.4) is 0 Å². The SMILES string of the molecule is CC(C)(CCl)C(=O)NCC1(O)CCCCC1. The van der Waals surface area contributed by atoms with E-state index in [1.807, 2.05) is 0 Å². The van der Waals surface area contributed by atoms with Gasteiger partial charge in [-0.25, -0.2) is 0 Å². The standard InChI is InChI=1S/C12H22ClNO2/c1-11(2,8-13)10(15)14-9-12(16)6-4-3-5-7-12/h16H,3-9H2,1-2H3,(H,14,15). The largest absolute Gasteiger partial charge is 0.388 e. The third-order valence-electron chi connectivity index (χ3n) is 3.31. The number of halogens is 1. The molecule has 0 aromatic carbocycles. The van der Waals surface area contributed by atoms with Crippen LogP contribution in [0.2, 0.25) is 0 Å². The normalized spacial score (nSPS) is 20.5. The Balaban J connectivity index is 2.41. The summed E-state index contributed by atoms with van der Waals surface area (Å²) in [6.07, 6.45) is 4.85. The van der Waals surface area contributed by atoms with Crippen LogP contribution in [-0.2, 0) is 4.79 Å². The number of rotatable bonds is 4. The molecule has 16 heavy (non-hydrogen) atoms. The van der Waals surface area contributed by atoms with E-state index < -0.39 is 11.0 Å². The van der Waals surface area contributed by atoms with Gasteiger partial charge in [-0.3, -0.25) is 4.79 Å². The highest BCUT2D eigenvalue weighted by molar-refractivity contribution is 6.19. The molecule has 0 saturated heterocycles. The van der Waals surface area contributed by atoms with Crippen LogP contribution < -0.4 is 5.32 Å². The zero-order valence-electron chi connectivity index (χ0n) is 10.2. The molecule has 1 rings (SSSR count). The number of carbonyl (C=O) groups is 1. The van der Waals surface area contributed by atoms with E-state index in [1.165, 1.54) is 6.42 Å². The molecular weight excluding hydrogens is 226 g/mol. The lowest BCUT2D eigenvalue weighted by Gasteiger charge is -2.33. The first-order valence-corrected chi connectivity index (χ1v) is 6.50. The lowest BCUT2D eigenvalue weighted by atomic mass is 9.84. The van der Waals surface area contributed by atoms with E-state index in [1.54, 1.807) is 13.8 Å². The summed E-state index contributed by atoms with van der Waals surface area (Å²) < 4.78 is 0.